The number of halogens is 1. The van der Waals surface area contributed by atoms with Crippen LogP contribution in [0.15, 0.2) is 79.0 Å². The minimum Gasteiger partial charge on any atom is -0.484 e. The fourth-order valence-electron chi connectivity index (χ4n) is 3.91. The van der Waals surface area contributed by atoms with E-state index < -0.39 is 18.6 Å². The maximum absolute atomic E-state index is 13.3. The minimum absolute atomic E-state index is 0.298. The van der Waals surface area contributed by atoms with E-state index in [0.717, 1.165) is 28.6 Å². The number of amides is 1. The second kappa shape index (κ2) is 10.3. The van der Waals surface area contributed by atoms with E-state index in [0.29, 0.717) is 12.2 Å². The number of hydrogen-bond donors (Lipinski definition) is 2. The van der Waals surface area contributed by atoms with Gasteiger partial charge in [-0.05, 0) is 54.4 Å². The molecular weight excluding hydrogens is 421 g/mol. The zero-order chi connectivity index (χ0) is 23.2. The predicted molar refractivity (Wildman–Crippen MR) is 125 cm³/mol. The van der Waals surface area contributed by atoms with Crippen LogP contribution < -0.4 is 10.1 Å². The van der Waals surface area contributed by atoms with E-state index in [-0.39, 0.29) is 11.9 Å². The van der Waals surface area contributed by atoms with Crippen molar-refractivity contribution in [2.45, 2.75) is 31.9 Å². The van der Waals surface area contributed by atoms with Crippen molar-refractivity contribution in [1.82, 2.24) is 15.1 Å². The van der Waals surface area contributed by atoms with Crippen molar-refractivity contribution in [3.63, 3.8) is 0 Å². The highest BCUT2D eigenvalue weighted by Gasteiger charge is 2.26. The third kappa shape index (κ3) is 5.21. The highest BCUT2D eigenvalue weighted by molar-refractivity contribution is 5.81. The Labute approximate surface area is 191 Å². The van der Waals surface area contributed by atoms with Gasteiger partial charge in [-0.25, -0.2) is 9.07 Å². The molecule has 1 aromatic heterocycles. The van der Waals surface area contributed by atoms with Crippen molar-refractivity contribution in [2.75, 3.05) is 6.61 Å². The first-order valence-corrected chi connectivity index (χ1v) is 10.9. The van der Waals surface area contributed by atoms with Crippen LogP contribution in [0.4, 0.5) is 4.39 Å². The Morgan fingerprint density at radius 1 is 1.12 bits per heavy atom. The first-order valence-electron chi connectivity index (χ1n) is 10.9. The molecule has 6 nitrogen and oxygen atoms in total. The van der Waals surface area contributed by atoms with Gasteiger partial charge in [0.25, 0.3) is 0 Å². The lowest BCUT2D eigenvalue weighted by atomic mass is 9.98. The van der Waals surface area contributed by atoms with Crippen LogP contribution in [0, 0.1) is 5.82 Å². The Kier molecular flexibility index (Phi) is 7.00. The Morgan fingerprint density at radius 2 is 1.88 bits per heavy atom. The van der Waals surface area contributed by atoms with E-state index in [1.54, 1.807) is 23.0 Å². The molecule has 4 rings (SSSR count). The highest BCUT2D eigenvalue weighted by atomic mass is 19.1. The molecule has 1 heterocycles. The molecule has 0 bridgehead atoms. The number of nitrogens with zero attached hydrogens (tertiary/aromatic N) is 2. The van der Waals surface area contributed by atoms with Crippen molar-refractivity contribution in [1.29, 1.82) is 0 Å². The van der Waals surface area contributed by atoms with Crippen LogP contribution in [0.1, 0.15) is 31.4 Å². The van der Waals surface area contributed by atoms with Gasteiger partial charge in [0.2, 0.25) is 5.91 Å². The Bertz CT molecular complexity index is 1210. The number of rotatable bonds is 9. The van der Waals surface area contributed by atoms with Gasteiger partial charge in [0.15, 0.2) is 0 Å². The molecule has 0 aliphatic carbocycles. The van der Waals surface area contributed by atoms with Crippen molar-refractivity contribution < 1.29 is 19.0 Å². The number of nitrogens with one attached hydrogen (secondary N) is 1. The van der Waals surface area contributed by atoms with Crippen molar-refractivity contribution in [2.24, 2.45) is 0 Å². The fraction of sp³-hybridized carbons (Fsp3) is 0.231. The quantitative estimate of drug-likeness (QED) is 0.394. The third-order valence-corrected chi connectivity index (χ3v) is 5.46. The van der Waals surface area contributed by atoms with Crippen LogP contribution >= 0.6 is 0 Å². The number of aliphatic hydroxyl groups excluding tert-OH is 1. The molecule has 1 amide bonds. The van der Waals surface area contributed by atoms with E-state index in [4.69, 9.17) is 4.74 Å². The SMILES string of the molecule is CCCC(NC(=O)CO)C(Oc1ccc2c(cnn2-c2ccc(F)cc2)c1)c1ccccc1. The van der Waals surface area contributed by atoms with Gasteiger partial charge in [-0.2, -0.15) is 5.10 Å². The zero-order valence-corrected chi connectivity index (χ0v) is 18.3. The summed E-state index contributed by atoms with van der Waals surface area (Å²) in [6, 6.07) is 21.2. The summed E-state index contributed by atoms with van der Waals surface area (Å²) in [7, 11) is 0. The summed E-state index contributed by atoms with van der Waals surface area (Å²) in [5.74, 6) is -0.101. The molecule has 170 valence electrons. The van der Waals surface area contributed by atoms with Crippen LogP contribution in [0.2, 0.25) is 0 Å². The topological polar surface area (TPSA) is 76.4 Å². The second-order valence-corrected chi connectivity index (χ2v) is 7.82. The molecule has 3 aromatic carbocycles. The van der Waals surface area contributed by atoms with Crippen LogP contribution in [0.5, 0.6) is 5.75 Å². The van der Waals surface area contributed by atoms with Gasteiger partial charge in [0.05, 0.1) is 23.4 Å². The molecular formula is C26H26FN3O3. The van der Waals surface area contributed by atoms with E-state index in [1.165, 1.54) is 12.1 Å². The molecule has 0 radical (unpaired) electrons. The van der Waals surface area contributed by atoms with E-state index in [9.17, 15) is 14.3 Å². The van der Waals surface area contributed by atoms with Crippen molar-refractivity contribution in [3.05, 3.63) is 90.4 Å². The summed E-state index contributed by atoms with van der Waals surface area (Å²) in [6.45, 7) is 1.46. The highest BCUT2D eigenvalue weighted by Crippen LogP contribution is 2.30. The maximum atomic E-state index is 13.3. The largest absolute Gasteiger partial charge is 0.484 e. The molecule has 2 N–H and O–H groups in total. The van der Waals surface area contributed by atoms with Gasteiger partial charge in [-0.3, -0.25) is 4.79 Å². The fourth-order valence-corrected chi connectivity index (χ4v) is 3.91. The lowest BCUT2D eigenvalue weighted by Gasteiger charge is -2.29. The Balaban J connectivity index is 1.66. The van der Waals surface area contributed by atoms with Gasteiger partial charge in [-0.15, -0.1) is 0 Å². The standard InChI is InChI=1S/C26H26FN3O3/c1-2-6-23(29-25(32)17-31)26(18-7-4-3-5-8-18)33-22-13-14-24-19(15-22)16-28-30(24)21-11-9-20(27)10-12-21/h3-5,7-16,23,26,31H,2,6,17H2,1H3,(H,29,32). The zero-order valence-electron chi connectivity index (χ0n) is 18.3. The van der Waals surface area contributed by atoms with Gasteiger partial charge in [0, 0.05) is 5.39 Å². The Morgan fingerprint density at radius 3 is 2.58 bits per heavy atom. The molecule has 2 atom stereocenters. The number of carbonyl (C=O) groups is 1. The molecule has 0 aliphatic heterocycles. The second-order valence-electron chi connectivity index (χ2n) is 7.82. The molecule has 0 spiro atoms. The monoisotopic (exact) mass is 447 g/mol. The van der Waals surface area contributed by atoms with Crippen LogP contribution in [0.3, 0.4) is 0 Å². The number of benzene rings is 3. The van der Waals surface area contributed by atoms with Crippen molar-refractivity contribution >= 4 is 16.8 Å². The maximum Gasteiger partial charge on any atom is 0.246 e. The van der Waals surface area contributed by atoms with Crippen LogP contribution in [-0.2, 0) is 4.79 Å². The Hall–Kier alpha value is -3.71. The molecule has 4 aromatic rings. The third-order valence-electron chi connectivity index (χ3n) is 5.46. The minimum atomic E-state index is -0.573. The lowest BCUT2D eigenvalue weighted by Crippen LogP contribution is -2.42. The molecule has 0 aliphatic rings. The summed E-state index contributed by atoms with van der Waals surface area (Å²) >= 11 is 0. The molecule has 2 unspecified atom stereocenters. The molecule has 0 fully saturated rings. The van der Waals surface area contributed by atoms with Gasteiger partial charge in [-0.1, -0.05) is 43.7 Å². The van der Waals surface area contributed by atoms with E-state index >= 15 is 0 Å². The average Bonchev–Trinajstić information content (AvgIpc) is 3.26. The number of carbonyl (C=O) groups excluding carboxylic acids is 1. The molecule has 7 heteroatoms. The lowest BCUT2D eigenvalue weighted by molar-refractivity contribution is -0.125. The first kappa shape index (κ1) is 22.5. The van der Waals surface area contributed by atoms with Gasteiger partial charge >= 0.3 is 0 Å². The molecule has 0 saturated heterocycles. The molecule has 33 heavy (non-hydrogen) atoms. The summed E-state index contributed by atoms with van der Waals surface area (Å²) in [6.07, 6.45) is 2.83. The number of ether oxygens (including phenoxy) is 1. The summed E-state index contributed by atoms with van der Waals surface area (Å²) in [5, 5.41) is 17.4. The number of hydrogen-bond acceptors (Lipinski definition) is 4. The normalized spacial score (nSPS) is 12.9. The summed E-state index contributed by atoms with van der Waals surface area (Å²) in [5.41, 5.74) is 2.55. The first-order chi connectivity index (χ1) is 16.1. The van der Waals surface area contributed by atoms with Crippen LogP contribution in [-0.4, -0.2) is 33.4 Å². The summed E-state index contributed by atoms with van der Waals surface area (Å²) in [4.78, 5) is 12.0. The van der Waals surface area contributed by atoms with Crippen LogP contribution in [0.25, 0.3) is 16.6 Å². The average molecular weight is 448 g/mol. The number of aromatic nitrogens is 2. The van der Waals surface area contributed by atoms with E-state index in [1.807, 2.05) is 55.5 Å². The predicted octanol–water partition coefficient (Wildman–Crippen LogP) is 4.56. The van der Waals surface area contributed by atoms with Crippen molar-refractivity contribution in [3.8, 4) is 11.4 Å². The smallest absolute Gasteiger partial charge is 0.246 e. The van der Waals surface area contributed by atoms with E-state index in [2.05, 4.69) is 10.4 Å². The van der Waals surface area contributed by atoms with Gasteiger partial charge < -0.3 is 15.2 Å². The number of aliphatic hydroxyl groups is 1. The molecule has 0 saturated carbocycles. The number of fused-ring (bicyclic) bond motifs is 1. The van der Waals surface area contributed by atoms with Gasteiger partial charge in [0.1, 0.15) is 24.3 Å². The summed E-state index contributed by atoms with van der Waals surface area (Å²) < 4.78 is 21.5.